The monoisotopic (exact) mass is 508 g/mol. The predicted molar refractivity (Wildman–Crippen MR) is 170 cm³/mol. The molecule has 0 unspecified atom stereocenters. The minimum absolute atomic E-state index is 1.16. The molecule has 0 bridgehead atoms. The molecule has 186 valence electrons. The molecule has 9 rings (SSSR count). The Morgan fingerprint density at radius 3 is 1.15 bits per heavy atom. The Labute approximate surface area is 230 Å². The van der Waals surface area contributed by atoms with Crippen molar-refractivity contribution in [3.8, 4) is 11.4 Å². The zero-order chi connectivity index (χ0) is 26.2. The van der Waals surface area contributed by atoms with E-state index in [0.29, 0.717) is 0 Å². The number of para-hydroxylation sites is 2. The maximum Gasteiger partial charge on any atom is 0.0547 e. The van der Waals surface area contributed by atoms with Crippen LogP contribution in [0, 0.1) is 0 Å². The van der Waals surface area contributed by atoms with Gasteiger partial charge < -0.3 is 9.13 Å². The first-order chi connectivity index (χ1) is 19.8. The van der Waals surface area contributed by atoms with E-state index in [1.807, 2.05) is 0 Å². The van der Waals surface area contributed by atoms with Crippen LogP contribution in [0.1, 0.15) is 0 Å². The van der Waals surface area contributed by atoms with Crippen molar-refractivity contribution in [3.05, 3.63) is 146 Å². The van der Waals surface area contributed by atoms with Gasteiger partial charge in [-0.2, -0.15) is 0 Å². The highest BCUT2D eigenvalue weighted by Crippen LogP contribution is 2.37. The molecule has 9 aromatic rings. The van der Waals surface area contributed by atoms with Gasteiger partial charge in [0.15, 0.2) is 0 Å². The Hall–Kier alpha value is -5.34. The van der Waals surface area contributed by atoms with Crippen molar-refractivity contribution >= 4 is 65.2 Å². The molecule has 0 spiro atoms. The summed E-state index contributed by atoms with van der Waals surface area (Å²) in [4.78, 5) is 0. The molecule has 0 saturated heterocycles. The van der Waals surface area contributed by atoms with Crippen LogP contribution >= 0.6 is 0 Å². The van der Waals surface area contributed by atoms with Gasteiger partial charge in [-0.1, -0.05) is 91.0 Å². The van der Waals surface area contributed by atoms with E-state index >= 15 is 0 Å². The van der Waals surface area contributed by atoms with Crippen LogP contribution in [0.15, 0.2) is 146 Å². The molecule has 0 fully saturated rings. The third-order valence-corrected chi connectivity index (χ3v) is 8.43. The summed E-state index contributed by atoms with van der Waals surface area (Å²) in [5, 5.41) is 10.2. The van der Waals surface area contributed by atoms with Crippen molar-refractivity contribution in [3.63, 3.8) is 0 Å². The van der Waals surface area contributed by atoms with Crippen molar-refractivity contribution in [2.75, 3.05) is 0 Å². The summed E-state index contributed by atoms with van der Waals surface area (Å²) < 4.78 is 4.84. The van der Waals surface area contributed by atoms with Crippen molar-refractivity contribution in [1.29, 1.82) is 0 Å². The van der Waals surface area contributed by atoms with Crippen LogP contribution < -0.4 is 0 Å². The molecular weight excluding hydrogens is 484 g/mol. The Morgan fingerprint density at radius 2 is 0.675 bits per heavy atom. The second-order valence-electron chi connectivity index (χ2n) is 10.7. The van der Waals surface area contributed by atoms with Crippen molar-refractivity contribution < 1.29 is 0 Å². The van der Waals surface area contributed by atoms with Gasteiger partial charge in [0.05, 0.1) is 22.1 Å². The van der Waals surface area contributed by atoms with E-state index in [1.54, 1.807) is 0 Å². The van der Waals surface area contributed by atoms with E-state index < -0.39 is 0 Å². The second-order valence-corrected chi connectivity index (χ2v) is 10.7. The van der Waals surface area contributed by atoms with Crippen LogP contribution in [-0.2, 0) is 0 Å². The van der Waals surface area contributed by atoms with E-state index in [-0.39, 0.29) is 0 Å². The van der Waals surface area contributed by atoms with E-state index in [0.717, 1.165) is 11.4 Å². The molecule has 7 aromatic carbocycles. The fourth-order valence-electron chi connectivity index (χ4n) is 6.64. The van der Waals surface area contributed by atoms with Crippen molar-refractivity contribution in [2.24, 2.45) is 0 Å². The second kappa shape index (κ2) is 8.08. The van der Waals surface area contributed by atoms with Gasteiger partial charge in [-0.3, -0.25) is 0 Å². The van der Waals surface area contributed by atoms with Crippen LogP contribution in [0.5, 0.6) is 0 Å². The molecule has 0 saturated carbocycles. The highest BCUT2D eigenvalue weighted by molar-refractivity contribution is 6.15. The number of hydrogen-bond donors (Lipinski definition) is 0. The smallest absolute Gasteiger partial charge is 0.0547 e. The average molecular weight is 509 g/mol. The first-order valence-corrected chi connectivity index (χ1v) is 13.8. The fourth-order valence-corrected chi connectivity index (χ4v) is 6.64. The maximum absolute atomic E-state index is 2.42. The zero-order valence-corrected chi connectivity index (χ0v) is 21.8. The van der Waals surface area contributed by atoms with Gasteiger partial charge in [-0.05, 0) is 76.1 Å². The highest BCUT2D eigenvalue weighted by Gasteiger charge is 2.16. The lowest BCUT2D eigenvalue weighted by molar-refractivity contribution is 1.13. The van der Waals surface area contributed by atoms with Gasteiger partial charge in [0.1, 0.15) is 0 Å². The molecule has 2 nitrogen and oxygen atoms in total. The van der Waals surface area contributed by atoms with Crippen LogP contribution in [-0.4, -0.2) is 9.13 Å². The van der Waals surface area contributed by atoms with Crippen LogP contribution in [0.3, 0.4) is 0 Å². The standard InChI is InChI=1S/C38H24N2/c1-3-12-27-22-37-33(20-25(27)10-1)31-16-5-7-18-35(31)39(37)29-14-9-15-30(24-29)40-36-19-8-6-17-32(36)34-21-26-11-2-4-13-28(26)23-38(34)40/h1-24H. The maximum atomic E-state index is 2.42. The summed E-state index contributed by atoms with van der Waals surface area (Å²) >= 11 is 0. The van der Waals surface area contributed by atoms with E-state index in [2.05, 4.69) is 155 Å². The van der Waals surface area contributed by atoms with Gasteiger partial charge in [0.25, 0.3) is 0 Å². The highest BCUT2D eigenvalue weighted by atomic mass is 15.0. The summed E-state index contributed by atoms with van der Waals surface area (Å²) in [5.74, 6) is 0. The van der Waals surface area contributed by atoms with Crippen LogP contribution in [0.25, 0.3) is 76.5 Å². The lowest BCUT2D eigenvalue weighted by atomic mass is 10.1. The van der Waals surface area contributed by atoms with Gasteiger partial charge in [0.2, 0.25) is 0 Å². The zero-order valence-electron chi connectivity index (χ0n) is 21.8. The summed E-state index contributed by atoms with van der Waals surface area (Å²) in [5.41, 5.74) is 7.21. The number of rotatable bonds is 2. The Bertz CT molecular complexity index is 2270. The first-order valence-electron chi connectivity index (χ1n) is 13.8. The molecule has 0 atom stereocenters. The third kappa shape index (κ3) is 2.99. The summed E-state index contributed by atoms with van der Waals surface area (Å²) in [6, 6.07) is 53.1. The molecule has 0 aliphatic carbocycles. The number of nitrogens with zero attached hydrogens (tertiary/aromatic N) is 2. The summed E-state index contributed by atoms with van der Waals surface area (Å²) in [6.45, 7) is 0. The first kappa shape index (κ1) is 21.6. The molecule has 0 N–H and O–H groups in total. The van der Waals surface area contributed by atoms with Crippen molar-refractivity contribution in [1.82, 2.24) is 9.13 Å². The molecule has 40 heavy (non-hydrogen) atoms. The van der Waals surface area contributed by atoms with E-state index in [4.69, 9.17) is 0 Å². The van der Waals surface area contributed by atoms with Gasteiger partial charge in [-0.15, -0.1) is 0 Å². The number of aromatic nitrogens is 2. The molecule has 2 heteroatoms. The normalized spacial score (nSPS) is 12.0. The Balaban J connectivity index is 1.36. The largest absolute Gasteiger partial charge is 0.309 e. The average Bonchev–Trinajstić information content (AvgIpc) is 3.51. The van der Waals surface area contributed by atoms with Gasteiger partial charge in [-0.25, -0.2) is 0 Å². The van der Waals surface area contributed by atoms with Gasteiger partial charge in [0, 0.05) is 32.9 Å². The van der Waals surface area contributed by atoms with Crippen LogP contribution in [0.2, 0.25) is 0 Å². The van der Waals surface area contributed by atoms with Gasteiger partial charge >= 0.3 is 0 Å². The fraction of sp³-hybridized carbons (Fsp3) is 0. The Kier molecular flexibility index (Phi) is 4.36. The SMILES string of the molecule is c1cc(-n2c3ccccc3c3cc4ccccc4cc32)cc(-n2c3ccccc3c3cc4ccccc4cc32)c1. The Morgan fingerprint density at radius 1 is 0.275 bits per heavy atom. The molecular formula is C38H24N2. The number of hydrogen-bond acceptors (Lipinski definition) is 0. The topological polar surface area (TPSA) is 9.86 Å². The molecule has 2 heterocycles. The number of benzene rings is 7. The summed E-state index contributed by atoms with van der Waals surface area (Å²) in [6.07, 6.45) is 0. The van der Waals surface area contributed by atoms with Crippen LogP contribution in [0.4, 0.5) is 0 Å². The number of fused-ring (bicyclic) bond motifs is 8. The molecule has 0 aliphatic rings. The summed E-state index contributed by atoms with van der Waals surface area (Å²) in [7, 11) is 0. The van der Waals surface area contributed by atoms with Crippen molar-refractivity contribution in [2.45, 2.75) is 0 Å². The quantitative estimate of drug-likeness (QED) is 0.220. The molecule has 0 radical (unpaired) electrons. The molecule has 0 amide bonds. The minimum Gasteiger partial charge on any atom is -0.309 e. The van der Waals surface area contributed by atoms with E-state index in [1.165, 1.54) is 65.2 Å². The minimum atomic E-state index is 1.16. The third-order valence-electron chi connectivity index (χ3n) is 8.43. The molecule has 0 aliphatic heterocycles. The molecule has 2 aromatic heterocycles. The predicted octanol–water partition coefficient (Wildman–Crippen LogP) is 10.2. The lowest BCUT2D eigenvalue weighted by Gasteiger charge is -2.13. The lowest BCUT2D eigenvalue weighted by Crippen LogP contribution is -1.98. The van der Waals surface area contributed by atoms with E-state index in [9.17, 15) is 0 Å².